The fourth-order valence-electron chi connectivity index (χ4n) is 4.69. The first kappa shape index (κ1) is 18.7. The molecule has 4 aromatic rings. The third-order valence-electron chi connectivity index (χ3n) is 5.97. The summed E-state index contributed by atoms with van der Waals surface area (Å²) in [6, 6.07) is 9.45. The number of nitrogens with zero attached hydrogens (tertiary/aromatic N) is 3. The molecule has 10 heteroatoms. The Bertz CT molecular complexity index is 1440. The lowest BCUT2D eigenvalue weighted by molar-refractivity contribution is -0.0507. The van der Waals surface area contributed by atoms with E-state index in [1.807, 2.05) is 22.8 Å². The van der Waals surface area contributed by atoms with Gasteiger partial charge in [-0.2, -0.15) is 8.78 Å². The smallest absolute Gasteiger partial charge is 0.387 e. The van der Waals surface area contributed by atoms with Crippen LogP contribution in [-0.2, 0) is 0 Å². The summed E-state index contributed by atoms with van der Waals surface area (Å²) in [4.78, 5) is 35.1. The second kappa shape index (κ2) is 6.71. The molecule has 8 nitrogen and oxygen atoms in total. The first-order chi connectivity index (χ1) is 15.5. The van der Waals surface area contributed by atoms with E-state index < -0.39 is 18.3 Å². The minimum atomic E-state index is -3.01. The average Bonchev–Trinajstić information content (AvgIpc) is 3.26. The van der Waals surface area contributed by atoms with Crippen LogP contribution in [0.2, 0.25) is 0 Å². The minimum Gasteiger partial charge on any atom is -0.434 e. The molecular formula is C22H15F2N5O3. The summed E-state index contributed by atoms with van der Waals surface area (Å²) < 4.78 is 33.0. The van der Waals surface area contributed by atoms with Crippen LogP contribution >= 0.6 is 0 Å². The lowest BCUT2D eigenvalue weighted by Crippen LogP contribution is -2.28. The largest absolute Gasteiger partial charge is 0.434 e. The molecule has 2 aromatic heterocycles. The van der Waals surface area contributed by atoms with Gasteiger partial charge in [0, 0.05) is 29.1 Å². The highest BCUT2D eigenvalue weighted by atomic mass is 19.3. The van der Waals surface area contributed by atoms with Gasteiger partial charge in [0.05, 0.1) is 23.1 Å². The first-order valence-corrected chi connectivity index (χ1v) is 9.95. The molecule has 0 saturated carbocycles. The molecule has 0 aliphatic carbocycles. The van der Waals surface area contributed by atoms with Gasteiger partial charge in [0.15, 0.2) is 0 Å². The van der Waals surface area contributed by atoms with Crippen LogP contribution in [0, 0.1) is 0 Å². The zero-order valence-corrected chi connectivity index (χ0v) is 16.4. The average molecular weight is 435 g/mol. The Labute approximate surface area is 178 Å². The predicted octanol–water partition coefficient (Wildman–Crippen LogP) is 3.17. The summed E-state index contributed by atoms with van der Waals surface area (Å²) in [5.74, 6) is 0.298. The van der Waals surface area contributed by atoms with Crippen molar-refractivity contribution < 1.29 is 18.3 Å². The standard InChI is InChI=1S/C22H15F2N5O3/c23-21(24)32-17-3-1-2-12-18(17)16-7-14(28-20(12)30)19-27-13-5-4-10(6-15(13)29(16)19)11-8-25-22(31)26-9-11/h1-6,8-9,14,16,21H,7H2,(H,28,30)(H,25,26,31)/t14-,16-/m1/s1. The SMILES string of the molecule is O=C1N[C@@H]2C[C@H](c3c(OC(F)F)cccc31)n1c2nc2ccc(-c3cnc(=O)[nH]c3)cc21. The highest BCUT2D eigenvalue weighted by Gasteiger charge is 2.42. The summed E-state index contributed by atoms with van der Waals surface area (Å²) in [6.45, 7) is -3.01. The van der Waals surface area contributed by atoms with Crippen LogP contribution < -0.4 is 15.7 Å². The van der Waals surface area contributed by atoms with Gasteiger partial charge >= 0.3 is 12.3 Å². The third kappa shape index (κ3) is 2.72. The van der Waals surface area contributed by atoms with E-state index in [4.69, 9.17) is 9.72 Å². The predicted molar refractivity (Wildman–Crippen MR) is 110 cm³/mol. The number of H-pyrrole nitrogens is 1. The van der Waals surface area contributed by atoms with Crippen LogP contribution in [0.5, 0.6) is 5.75 Å². The number of imidazole rings is 1. The number of hydrogen-bond acceptors (Lipinski definition) is 5. The molecule has 2 aliphatic rings. The number of carbonyl (C=O) groups is 1. The summed E-state index contributed by atoms with van der Waals surface area (Å²) >= 11 is 0. The number of fused-ring (bicyclic) bond motifs is 9. The number of carbonyl (C=O) groups excluding carboxylic acids is 1. The maximum absolute atomic E-state index is 13.1. The normalized spacial score (nSPS) is 18.9. The van der Waals surface area contributed by atoms with Gasteiger partial charge in [-0.25, -0.2) is 14.8 Å². The molecule has 1 amide bonds. The van der Waals surface area contributed by atoms with Gasteiger partial charge in [0.1, 0.15) is 11.6 Å². The Balaban J connectivity index is 1.57. The molecule has 2 bridgehead atoms. The Kier molecular flexibility index (Phi) is 3.91. The molecule has 160 valence electrons. The topological polar surface area (TPSA) is 102 Å². The number of nitrogens with one attached hydrogen (secondary N) is 2. The number of aromatic nitrogens is 4. The molecule has 0 radical (unpaired) electrons. The minimum absolute atomic E-state index is 0.0195. The van der Waals surface area contributed by atoms with E-state index in [0.29, 0.717) is 28.9 Å². The fraction of sp³-hybridized carbons (Fsp3) is 0.182. The molecular weight excluding hydrogens is 420 g/mol. The summed E-state index contributed by atoms with van der Waals surface area (Å²) in [6.07, 6.45) is 3.53. The van der Waals surface area contributed by atoms with Gasteiger partial charge < -0.3 is 19.6 Å². The zero-order chi connectivity index (χ0) is 22.0. The van der Waals surface area contributed by atoms with E-state index in [2.05, 4.69) is 15.3 Å². The Morgan fingerprint density at radius 2 is 2.03 bits per heavy atom. The molecule has 4 heterocycles. The van der Waals surface area contributed by atoms with Crippen molar-refractivity contribution >= 4 is 16.9 Å². The van der Waals surface area contributed by atoms with Crippen LogP contribution in [0.4, 0.5) is 8.78 Å². The fourth-order valence-corrected chi connectivity index (χ4v) is 4.69. The maximum atomic E-state index is 13.1. The monoisotopic (exact) mass is 435 g/mol. The number of alkyl halides is 2. The molecule has 0 fully saturated rings. The number of amides is 1. The number of hydrogen-bond donors (Lipinski definition) is 2. The van der Waals surface area contributed by atoms with Gasteiger partial charge in [0.2, 0.25) is 0 Å². The first-order valence-electron chi connectivity index (χ1n) is 9.95. The van der Waals surface area contributed by atoms with Crippen molar-refractivity contribution in [3.63, 3.8) is 0 Å². The van der Waals surface area contributed by atoms with Gasteiger partial charge in [0.25, 0.3) is 5.91 Å². The maximum Gasteiger partial charge on any atom is 0.387 e. The van der Waals surface area contributed by atoms with Crippen LogP contribution in [0.3, 0.4) is 0 Å². The lowest BCUT2D eigenvalue weighted by Gasteiger charge is -2.21. The van der Waals surface area contributed by atoms with E-state index >= 15 is 0 Å². The van der Waals surface area contributed by atoms with Gasteiger partial charge in [-0.1, -0.05) is 12.1 Å². The Hall–Kier alpha value is -4.08. The van der Waals surface area contributed by atoms with Gasteiger partial charge in [-0.3, -0.25) is 4.79 Å². The van der Waals surface area contributed by atoms with Crippen LogP contribution in [0.1, 0.15) is 40.3 Å². The molecule has 2 aromatic carbocycles. The molecule has 32 heavy (non-hydrogen) atoms. The molecule has 2 atom stereocenters. The molecule has 0 saturated heterocycles. The number of rotatable bonds is 3. The van der Waals surface area contributed by atoms with Gasteiger partial charge in [-0.15, -0.1) is 0 Å². The number of ether oxygens (including phenoxy) is 1. The van der Waals surface area contributed by atoms with Crippen molar-refractivity contribution in [2.45, 2.75) is 25.1 Å². The summed E-state index contributed by atoms with van der Waals surface area (Å²) in [5.41, 5.74) is 3.31. The molecule has 6 rings (SSSR count). The highest BCUT2D eigenvalue weighted by molar-refractivity contribution is 5.98. The molecule has 0 unspecified atom stereocenters. The van der Waals surface area contributed by atoms with Crippen LogP contribution in [0.25, 0.3) is 22.2 Å². The van der Waals surface area contributed by atoms with E-state index in [-0.39, 0.29) is 17.7 Å². The Morgan fingerprint density at radius 1 is 1.16 bits per heavy atom. The number of benzene rings is 2. The van der Waals surface area contributed by atoms with Crippen molar-refractivity contribution in [1.29, 1.82) is 0 Å². The van der Waals surface area contributed by atoms with E-state index in [9.17, 15) is 18.4 Å². The zero-order valence-electron chi connectivity index (χ0n) is 16.4. The van der Waals surface area contributed by atoms with Crippen molar-refractivity contribution in [2.24, 2.45) is 0 Å². The number of aromatic amines is 1. The molecule has 2 N–H and O–H groups in total. The highest BCUT2D eigenvalue weighted by Crippen LogP contribution is 2.47. The molecule has 2 aliphatic heterocycles. The molecule has 0 spiro atoms. The van der Waals surface area contributed by atoms with Crippen molar-refractivity contribution in [2.75, 3.05) is 0 Å². The van der Waals surface area contributed by atoms with Crippen molar-refractivity contribution in [3.05, 3.63) is 76.2 Å². The van der Waals surface area contributed by atoms with E-state index in [1.165, 1.54) is 18.3 Å². The lowest BCUT2D eigenvalue weighted by atomic mass is 9.97. The van der Waals surface area contributed by atoms with Crippen molar-refractivity contribution in [3.8, 4) is 16.9 Å². The summed E-state index contributed by atoms with van der Waals surface area (Å²) in [5, 5.41) is 2.96. The Morgan fingerprint density at radius 3 is 2.81 bits per heavy atom. The quantitative estimate of drug-likeness (QED) is 0.515. The second-order valence-corrected chi connectivity index (χ2v) is 7.72. The van der Waals surface area contributed by atoms with E-state index in [0.717, 1.165) is 16.6 Å². The summed E-state index contributed by atoms with van der Waals surface area (Å²) in [7, 11) is 0. The second-order valence-electron chi connectivity index (χ2n) is 7.72. The van der Waals surface area contributed by atoms with E-state index in [1.54, 1.807) is 12.3 Å². The van der Waals surface area contributed by atoms with Crippen molar-refractivity contribution in [1.82, 2.24) is 24.8 Å². The number of halogens is 2. The van der Waals surface area contributed by atoms with Crippen LogP contribution in [-0.4, -0.2) is 32.0 Å². The van der Waals surface area contributed by atoms with Crippen LogP contribution in [0.15, 0.2) is 53.6 Å². The van der Waals surface area contributed by atoms with Gasteiger partial charge in [-0.05, 0) is 36.2 Å². The third-order valence-corrected chi connectivity index (χ3v) is 5.97.